The fourth-order valence-electron chi connectivity index (χ4n) is 1.79. The van der Waals surface area contributed by atoms with E-state index < -0.39 is 0 Å². The maximum absolute atomic E-state index is 10.4. The number of amides is 1. The fourth-order valence-corrected chi connectivity index (χ4v) is 1.79. The summed E-state index contributed by atoms with van der Waals surface area (Å²) in [5.74, 6) is 0.559. The lowest BCUT2D eigenvalue weighted by molar-refractivity contribution is -0.118. The van der Waals surface area contributed by atoms with Gasteiger partial charge in [0.15, 0.2) is 0 Å². The maximum atomic E-state index is 10.4. The highest BCUT2D eigenvalue weighted by Gasteiger charge is 2.11. The number of rotatable bonds is 6. The van der Waals surface area contributed by atoms with Crippen molar-refractivity contribution in [2.75, 3.05) is 26.2 Å². The van der Waals surface area contributed by atoms with Crippen molar-refractivity contribution in [3.63, 3.8) is 0 Å². The number of piperidine rings is 1. The summed E-state index contributed by atoms with van der Waals surface area (Å²) >= 11 is 0. The molecule has 4 N–H and O–H groups in total. The van der Waals surface area contributed by atoms with Crippen LogP contribution in [0.5, 0.6) is 0 Å². The average Bonchev–Trinajstić information content (AvgIpc) is 2.18. The van der Waals surface area contributed by atoms with Crippen molar-refractivity contribution in [2.24, 2.45) is 11.7 Å². The Balaban J connectivity index is 1.90. The van der Waals surface area contributed by atoms with Gasteiger partial charge in [0, 0.05) is 6.42 Å². The van der Waals surface area contributed by atoms with Gasteiger partial charge in [-0.25, -0.2) is 0 Å². The lowest BCUT2D eigenvalue weighted by atomic mass is 10.00. The smallest absolute Gasteiger partial charge is 0.217 e. The third-order valence-electron chi connectivity index (χ3n) is 2.61. The third kappa shape index (κ3) is 5.19. The third-order valence-corrected chi connectivity index (χ3v) is 2.61. The van der Waals surface area contributed by atoms with Crippen LogP contribution >= 0.6 is 0 Å². The van der Waals surface area contributed by atoms with Gasteiger partial charge in [0.25, 0.3) is 0 Å². The van der Waals surface area contributed by atoms with Crippen molar-refractivity contribution in [3.8, 4) is 0 Å². The summed E-state index contributed by atoms with van der Waals surface area (Å²) in [5, 5.41) is 6.74. The van der Waals surface area contributed by atoms with Crippen LogP contribution in [0.25, 0.3) is 0 Å². The molecule has 14 heavy (non-hydrogen) atoms. The van der Waals surface area contributed by atoms with Gasteiger partial charge in [-0.15, -0.1) is 0 Å². The van der Waals surface area contributed by atoms with Crippen molar-refractivity contribution in [3.05, 3.63) is 0 Å². The molecule has 0 aromatic rings. The number of carbonyl (C=O) groups excluding carboxylic acids is 1. The molecule has 1 heterocycles. The monoisotopic (exact) mass is 199 g/mol. The van der Waals surface area contributed by atoms with E-state index >= 15 is 0 Å². The molecule has 1 aliphatic rings. The first-order valence-electron chi connectivity index (χ1n) is 5.49. The molecule has 0 bridgehead atoms. The Hall–Kier alpha value is -0.610. The van der Waals surface area contributed by atoms with Crippen molar-refractivity contribution in [2.45, 2.75) is 25.7 Å². The van der Waals surface area contributed by atoms with Gasteiger partial charge in [0.2, 0.25) is 5.91 Å². The SMILES string of the molecule is NC(=O)CCCNCC1CCCNC1. The van der Waals surface area contributed by atoms with Crippen LogP contribution in [0.3, 0.4) is 0 Å². The number of primary amides is 1. The molecule has 82 valence electrons. The second-order valence-electron chi connectivity index (χ2n) is 3.99. The first kappa shape index (κ1) is 11.5. The normalized spacial score (nSPS) is 22.1. The van der Waals surface area contributed by atoms with Gasteiger partial charge < -0.3 is 16.4 Å². The molecule has 0 saturated carbocycles. The largest absolute Gasteiger partial charge is 0.370 e. The summed E-state index contributed by atoms with van der Waals surface area (Å²) in [7, 11) is 0. The predicted molar refractivity (Wildman–Crippen MR) is 56.9 cm³/mol. The Morgan fingerprint density at radius 1 is 1.57 bits per heavy atom. The predicted octanol–water partition coefficient (Wildman–Crippen LogP) is -0.159. The Morgan fingerprint density at radius 3 is 3.07 bits per heavy atom. The lowest BCUT2D eigenvalue weighted by Crippen LogP contribution is -2.36. The lowest BCUT2D eigenvalue weighted by Gasteiger charge is -2.22. The average molecular weight is 199 g/mol. The standard InChI is InChI=1S/C10H21N3O/c11-10(14)4-2-6-13-8-9-3-1-5-12-7-9/h9,12-13H,1-8H2,(H2,11,14). The van der Waals surface area contributed by atoms with Crippen LogP contribution in [0, 0.1) is 5.92 Å². The van der Waals surface area contributed by atoms with Crippen molar-refractivity contribution in [1.82, 2.24) is 10.6 Å². The molecule has 0 radical (unpaired) electrons. The molecule has 1 rings (SSSR count). The number of hydrogen-bond donors (Lipinski definition) is 3. The van der Waals surface area contributed by atoms with Crippen LogP contribution in [-0.2, 0) is 4.79 Å². The molecule has 0 spiro atoms. The molecule has 1 fully saturated rings. The summed E-state index contributed by atoms with van der Waals surface area (Å²) in [4.78, 5) is 10.4. The number of hydrogen-bond acceptors (Lipinski definition) is 3. The van der Waals surface area contributed by atoms with Crippen LogP contribution in [0.1, 0.15) is 25.7 Å². The van der Waals surface area contributed by atoms with Gasteiger partial charge >= 0.3 is 0 Å². The summed E-state index contributed by atoms with van der Waals surface area (Å²) in [5.41, 5.74) is 5.04. The number of carbonyl (C=O) groups is 1. The summed E-state index contributed by atoms with van der Waals surface area (Å²) < 4.78 is 0. The minimum absolute atomic E-state index is 0.203. The topological polar surface area (TPSA) is 67.2 Å². The molecule has 1 aliphatic heterocycles. The molecule has 0 aromatic carbocycles. The number of nitrogens with two attached hydrogens (primary N) is 1. The minimum atomic E-state index is -0.203. The van der Waals surface area contributed by atoms with E-state index in [-0.39, 0.29) is 5.91 Å². The molecule has 0 aliphatic carbocycles. The number of nitrogens with one attached hydrogen (secondary N) is 2. The quantitative estimate of drug-likeness (QED) is 0.521. The van der Waals surface area contributed by atoms with Crippen LogP contribution in [0.15, 0.2) is 0 Å². The molecule has 1 amide bonds. The van der Waals surface area contributed by atoms with Crippen LogP contribution < -0.4 is 16.4 Å². The molecular weight excluding hydrogens is 178 g/mol. The Bertz CT molecular complexity index is 167. The zero-order chi connectivity index (χ0) is 10.2. The Kier molecular flexibility index (Phi) is 5.56. The van der Waals surface area contributed by atoms with Crippen molar-refractivity contribution < 1.29 is 4.79 Å². The van der Waals surface area contributed by atoms with Gasteiger partial charge in [0.1, 0.15) is 0 Å². The minimum Gasteiger partial charge on any atom is -0.370 e. The zero-order valence-corrected chi connectivity index (χ0v) is 8.72. The van der Waals surface area contributed by atoms with E-state index in [4.69, 9.17) is 5.73 Å². The molecule has 4 nitrogen and oxygen atoms in total. The summed E-state index contributed by atoms with van der Waals surface area (Å²) in [6.45, 7) is 4.26. The van der Waals surface area contributed by atoms with E-state index in [1.807, 2.05) is 0 Å². The first-order valence-corrected chi connectivity index (χ1v) is 5.49. The summed E-state index contributed by atoms with van der Waals surface area (Å²) in [6, 6.07) is 0. The Labute approximate surface area is 85.6 Å². The Morgan fingerprint density at radius 2 is 2.43 bits per heavy atom. The van der Waals surface area contributed by atoms with Crippen LogP contribution in [0.4, 0.5) is 0 Å². The van der Waals surface area contributed by atoms with Crippen molar-refractivity contribution >= 4 is 5.91 Å². The highest BCUT2D eigenvalue weighted by molar-refractivity contribution is 5.73. The summed E-state index contributed by atoms with van der Waals surface area (Å²) in [6.07, 6.45) is 3.95. The highest BCUT2D eigenvalue weighted by atomic mass is 16.1. The van der Waals surface area contributed by atoms with E-state index in [1.165, 1.54) is 12.8 Å². The van der Waals surface area contributed by atoms with E-state index in [9.17, 15) is 4.79 Å². The second-order valence-corrected chi connectivity index (χ2v) is 3.99. The van der Waals surface area contributed by atoms with Gasteiger partial charge in [-0.2, -0.15) is 0 Å². The van der Waals surface area contributed by atoms with Gasteiger partial charge in [-0.3, -0.25) is 4.79 Å². The van der Waals surface area contributed by atoms with Gasteiger partial charge in [-0.1, -0.05) is 0 Å². The second kappa shape index (κ2) is 6.79. The molecule has 0 aromatic heterocycles. The van der Waals surface area contributed by atoms with E-state index in [1.54, 1.807) is 0 Å². The zero-order valence-electron chi connectivity index (χ0n) is 8.72. The molecule has 1 unspecified atom stereocenters. The maximum Gasteiger partial charge on any atom is 0.217 e. The van der Waals surface area contributed by atoms with Gasteiger partial charge in [-0.05, 0) is 51.4 Å². The van der Waals surface area contributed by atoms with Crippen LogP contribution in [-0.4, -0.2) is 32.1 Å². The van der Waals surface area contributed by atoms with Gasteiger partial charge in [0.05, 0.1) is 0 Å². The molecule has 1 saturated heterocycles. The van der Waals surface area contributed by atoms with E-state index in [0.29, 0.717) is 6.42 Å². The van der Waals surface area contributed by atoms with Crippen molar-refractivity contribution in [1.29, 1.82) is 0 Å². The van der Waals surface area contributed by atoms with E-state index in [0.717, 1.165) is 38.5 Å². The van der Waals surface area contributed by atoms with Crippen LogP contribution in [0.2, 0.25) is 0 Å². The fraction of sp³-hybridized carbons (Fsp3) is 0.900. The molecule has 1 atom stereocenters. The first-order chi connectivity index (χ1) is 6.79. The molecular formula is C10H21N3O. The molecule has 4 heteroatoms. The van der Waals surface area contributed by atoms with E-state index in [2.05, 4.69) is 10.6 Å². The highest BCUT2D eigenvalue weighted by Crippen LogP contribution is 2.07.